The van der Waals surface area contributed by atoms with Crippen LogP contribution in [0.5, 0.6) is 5.75 Å². The maximum Gasteiger partial charge on any atom is 0.174 e. The van der Waals surface area contributed by atoms with Crippen LogP contribution in [0.15, 0.2) is 91.3 Å². The monoisotopic (exact) mass is 430 g/mol. The molecule has 3 heterocycles. The molecule has 0 amide bonds. The van der Waals surface area contributed by atoms with Crippen molar-refractivity contribution in [3.63, 3.8) is 0 Å². The van der Waals surface area contributed by atoms with Crippen molar-refractivity contribution in [3.05, 3.63) is 108 Å². The standard InChI is InChI=1S/C24H19FN4OS/c25-18-6-1-2-8-20(18)28-15-5-9-21(28)23-22(19-7-3-4-14-26-19)27-24(31)29(23)16-10-12-17(30)13-11-16/h1-15,22-23,30H,(H,27,31)/t22-,23-/m0/s1. The Kier molecular flexibility index (Phi) is 4.88. The van der Waals surface area contributed by atoms with E-state index in [4.69, 9.17) is 12.2 Å². The van der Waals surface area contributed by atoms with Gasteiger partial charge in [-0.25, -0.2) is 4.39 Å². The molecule has 2 atom stereocenters. The first-order valence-corrected chi connectivity index (χ1v) is 10.3. The maximum absolute atomic E-state index is 14.7. The normalized spacial score (nSPS) is 18.2. The Bertz CT molecular complexity index is 1230. The van der Waals surface area contributed by atoms with Crippen LogP contribution in [0.3, 0.4) is 0 Å². The molecule has 5 nitrogen and oxygen atoms in total. The van der Waals surface area contributed by atoms with Gasteiger partial charge in [0.1, 0.15) is 17.6 Å². The number of para-hydroxylation sites is 1. The largest absolute Gasteiger partial charge is 0.508 e. The molecule has 2 N–H and O–H groups in total. The van der Waals surface area contributed by atoms with Crippen LogP contribution in [-0.4, -0.2) is 19.8 Å². The smallest absolute Gasteiger partial charge is 0.174 e. The summed E-state index contributed by atoms with van der Waals surface area (Å²) in [6.07, 6.45) is 3.59. The van der Waals surface area contributed by atoms with E-state index < -0.39 is 0 Å². The average molecular weight is 431 g/mol. The first kappa shape index (κ1) is 19.3. The zero-order chi connectivity index (χ0) is 21.4. The number of aromatic hydroxyl groups is 1. The van der Waals surface area contributed by atoms with Gasteiger partial charge in [-0.05, 0) is 72.9 Å². The number of nitrogens with zero attached hydrogens (tertiary/aromatic N) is 3. The summed E-state index contributed by atoms with van der Waals surface area (Å²) in [5, 5.41) is 13.7. The molecule has 2 aromatic heterocycles. The van der Waals surface area contributed by atoms with Gasteiger partial charge >= 0.3 is 0 Å². The summed E-state index contributed by atoms with van der Waals surface area (Å²) < 4.78 is 16.5. The van der Waals surface area contributed by atoms with Gasteiger partial charge in [-0.15, -0.1) is 0 Å². The van der Waals surface area contributed by atoms with Crippen LogP contribution in [0, 0.1) is 5.82 Å². The number of anilines is 1. The van der Waals surface area contributed by atoms with E-state index in [1.165, 1.54) is 6.07 Å². The Balaban J connectivity index is 1.68. The molecule has 0 spiro atoms. The van der Waals surface area contributed by atoms with Crippen molar-refractivity contribution in [1.82, 2.24) is 14.9 Å². The fraction of sp³-hybridized carbons (Fsp3) is 0.0833. The highest BCUT2D eigenvalue weighted by atomic mass is 32.1. The summed E-state index contributed by atoms with van der Waals surface area (Å²) in [4.78, 5) is 6.53. The maximum atomic E-state index is 14.7. The lowest BCUT2D eigenvalue weighted by Crippen LogP contribution is -2.30. The first-order chi connectivity index (χ1) is 15.1. The predicted molar refractivity (Wildman–Crippen MR) is 122 cm³/mol. The fourth-order valence-corrected chi connectivity index (χ4v) is 4.39. The molecule has 1 fully saturated rings. The van der Waals surface area contributed by atoms with Crippen molar-refractivity contribution in [3.8, 4) is 11.4 Å². The molecule has 1 aliphatic heterocycles. The number of aromatic nitrogens is 2. The molecule has 1 saturated heterocycles. The third-order valence-electron chi connectivity index (χ3n) is 5.42. The van der Waals surface area contributed by atoms with E-state index in [0.29, 0.717) is 10.8 Å². The average Bonchev–Trinajstić information content (AvgIpc) is 3.39. The van der Waals surface area contributed by atoms with Crippen LogP contribution in [0.2, 0.25) is 0 Å². The molecule has 154 valence electrons. The predicted octanol–water partition coefficient (Wildman–Crippen LogP) is 4.89. The number of nitrogens with one attached hydrogen (secondary N) is 1. The summed E-state index contributed by atoms with van der Waals surface area (Å²) in [6.45, 7) is 0. The summed E-state index contributed by atoms with van der Waals surface area (Å²) in [7, 11) is 0. The molecule has 7 heteroatoms. The van der Waals surface area contributed by atoms with E-state index in [1.807, 2.05) is 64.2 Å². The lowest BCUT2D eigenvalue weighted by Gasteiger charge is -2.29. The molecule has 0 unspecified atom stereocenters. The molecule has 0 radical (unpaired) electrons. The topological polar surface area (TPSA) is 53.3 Å². The number of hydrogen-bond acceptors (Lipinski definition) is 3. The second-order valence-corrected chi connectivity index (χ2v) is 7.65. The van der Waals surface area contributed by atoms with Gasteiger partial charge in [-0.1, -0.05) is 18.2 Å². The molecule has 2 aromatic carbocycles. The van der Waals surface area contributed by atoms with Gasteiger partial charge in [0.2, 0.25) is 0 Å². The third kappa shape index (κ3) is 3.43. The van der Waals surface area contributed by atoms with Gasteiger partial charge in [-0.2, -0.15) is 0 Å². The van der Waals surface area contributed by atoms with E-state index in [0.717, 1.165) is 17.1 Å². The van der Waals surface area contributed by atoms with Crippen LogP contribution in [0.1, 0.15) is 23.5 Å². The number of benzene rings is 2. The fourth-order valence-electron chi connectivity index (χ4n) is 4.05. The number of halogens is 1. The van der Waals surface area contributed by atoms with Crippen molar-refractivity contribution in [2.75, 3.05) is 4.90 Å². The lowest BCUT2D eigenvalue weighted by atomic mass is 10.0. The molecule has 0 aliphatic carbocycles. The van der Waals surface area contributed by atoms with Gasteiger partial charge in [0.15, 0.2) is 5.11 Å². The minimum absolute atomic E-state index is 0.175. The Morgan fingerprint density at radius 2 is 1.71 bits per heavy atom. The van der Waals surface area contributed by atoms with Crippen LogP contribution < -0.4 is 10.2 Å². The second-order valence-electron chi connectivity index (χ2n) is 7.27. The zero-order valence-corrected chi connectivity index (χ0v) is 17.2. The van der Waals surface area contributed by atoms with Crippen LogP contribution >= 0.6 is 12.2 Å². The molecular formula is C24H19FN4OS. The minimum atomic E-state index is -0.306. The highest BCUT2D eigenvalue weighted by Crippen LogP contribution is 2.42. The number of hydrogen-bond donors (Lipinski definition) is 2. The van der Waals surface area contributed by atoms with Gasteiger partial charge < -0.3 is 19.9 Å². The highest BCUT2D eigenvalue weighted by molar-refractivity contribution is 7.80. The summed E-state index contributed by atoms with van der Waals surface area (Å²) in [5.41, 5.74) is 2.98. The third-order valence-corrected chi connectivity index (χ3v) is 5.74. The minimum Gasteiger partial charge on any atom is -0.508 e. The number of phenolic OH excluding ortho intramolecular Hbond substituents is 1. The van der Waals surface area contributed by atoms with E-state index in [2.05, 4.69) is 10.3 Å². The molecule has 0 bridgehead atoms. The van der Waals surface area contributed by atoms with Gasteiger partial charge in [0.25, 0.3) is 0 Å². The van der Waals surface area contributed by atoms with Crippen molar-refractivity contribution in [2.45, 2.75) is 12.1 Å². The van der Waals surface area contributed by atoms with E-state index in [-0.39, 0.29) is 23.7 Å². The lowest BCUT2D eigenvalue weighted by molar-refractivity contribution is 0.475. The van der Waals surface area contributed by atoms with Crippen LogP contribution in [0.25, 0.3) is 5.69 Å². The molecule has 1 aliphatic rings. The number of pyridine rings is 1. The van der Waals surface area contributed by atoms with Crippen LogP contribution in [-0.2, 0) is 0 Å². The van der Waals surface area contributed by atoms with Crippen molar-refractivity contribution in [1.29, 1.82) is 0 Å². The molecule has 5 rings (SSSR count). The number of phenols is 1. The second kappa shape index (κ2) is 7.85. The molecular weight excluding hydrogens is 411 g/mol. The molecule has 31 heavy (non-hydrogen) atoms. The SMILES string of the molecule is Oc1ccc(N2C(=S)N[C@@H](c3ccccn3)[C@@H]2c2cccn2-c2ccccc2F)cc1. The quantitative estimate of drug-likeness (QED) is 0.452. The highest BCUT2D eigenvalue weighted by Gasteiger charge is 2.42. The summed E-state index contributed by atoms with van der Waals surface area (Å²) in [5.74, 6) is -0.131. The Morgan fingerprint density at radius 3 is 2.45 bits per heavy atom. The zero-order valence-electron chi connectivity index (χ0n) is 16.4. The van der Waals surface area contributed by atoms with E-state index in [9.17, 15) is 9.50 Å². The van der Waals surface area contributed by atoms with Crippen molar-refractivity contribution < 1.29 is 9.50 Å². The van der Waals surface area contributed by atoms with Crippen LogP contribution in [0.4, 0.5) is 10.1 Å². The summed E-state index contributed by atoms with van der Waals surface area (Å²) in [6, 6.07) is 22.6. The number of thiocarbonyl (C=S) groups is 1. The van der Waals surface area contributed by atoms with Gasteiger partial charge in [0.05, 0.1) is 17.4 Å². The summed E-state index contributed by atoms with van der Waals surface area (Å²) >= 11 is 5.71. The van der Waals surface area contributed by atoms with Gasteiger partial charge in [-0.3, -0.25) is 4.98 Å². The van der Waals surface area contributed by atoms with E-state index in [1.54, 1.807) is 30.5 Å². The molecule has 4 aromatic rings. The Labute approximate surface area is 184 Å². The van der Waals surface area contributed by atoms with Crippen molar-refractivity contribution >= 4 is 23.0 Å². The Morgan fingerprint density at radius 1 is 0.935 bits per heavy atom. The van der Waals surface area contributed by atoms with Gasteiger partial charge in [0, 0.05) is 23.8 Å². The van der Waals surface area contributed by atoms with Crippen molar-refractivity contribution in [2.24, 2.45) is 0 Å². The first-order valence-electron chi connectivity index (χ1n) is 9.85. The Hall–Kier alpha value is -3.71. The van der Waals surface area contributed by atoms with E-state index >= 15 is 0 Å². The molecule has 0 saturated carbocycles. The number of rotatable bonds is 4.